The number of halogens is 1. The lowest BCUT2D eigenvalue weighted by atomic mass is 9.91. The quantitative estimate of drug-likeness (QED) is 0.911. The highest BCUT2D eigenvalue weighted by Gasteiger charge is 2.39. The minimum Gasteiger partial charge on any atom is -0.497 e. The van der Waals surface area contributed by atoms with Gasteiger partial charge in [-0.05, 0) is 29.8 Å². The standard InChI is InChI=1S/C18H17ClN2O3/c1-11-16(18(22)23)20-21(15-6-4-3-5-14(15)19)17(11)12-7-9-13(24-2)10-8-12/h3-11,17H,1-2H3,(H,22,23). The van der Waals surface area contributed by atoms with Crippen molar-refractivity contribution in [3.8, 4) is 5.75 Å². The molecule has 0 aromatic heterocycles. The molecule has 6 heteroatoms. The summed E-state index contributed by atoms with van der Waals surface area (Å²) in [7, 11) is 1.61. The molecule has 0 spiro atoms. The Morgan fingerprint density at radius 3 is 2.46 bits per heavy atom. The minimum absolute atomic E-state index is 0.121. The monoisotopic (exact) mass is 344 g/mol. The first-order valence-corrected chi connectivity index (χ1v) is 7.90. The number of carboxylic acids is 1. The van der Waals surface area contributed by atoms with Crippen molar-refractivity contribution < 1.29 is 14.6 Å². The lowest BCUT2D eigenvalue weighted by molar-refractivity contribution is -0.129. The van der Waals surface area contributed by atoms with Crippen LogP contribution in [0.15, 0.2) is 53.6 Å². The molecule has 0 aliphatic carbocycles. The van der Waals surface area contributed by atoms with E-state index >= 15 is 0 Å². The number of hydrogen-bond donors (Lipinski definition) is 1. The van der Waals surface area contributed by atoms with Gasteiger partial charge in [-0.15, -0.1) is 0 Å². The zero-order valence-corrected chi connectivity index (χ0v) is 14.1. The van der Waals surface area contributed by atoms with Crippen LogP contribution in [0.4, 0.5) is 5.69 Å². The van der Waals surface area contributed by atoms with Gasteiger partial charge >= 0.3 is 5.97 Å². The number of carboxylic acid groups (broad SMARTS) is 1. The molecule has 1 aliphatic rings. The van der Waals surface area contributed by atoms with Gasteiger partial charge in [-0.3, -0.25) is 5.01 Å². The fourth-order valence-electron chi connectivity index (χ4n) is 2.94. The number of carbonyl (C=O) groups is 1. The number of rotatable bonds is 4. The largest absolute Gasteiger partial charge is 0.497 e. The van der Waals surface area contributed by atoms with E-state index in [0.717, 1.165) is 11.3 Å². The van der Waals surface area contributed by atoms with E-state index in [1.54, 1.807) is 18.2 Å². The molecule has 1 N–H and O–H groups in total. The highest BCUT2D eigenvalue weighted by Crippen LogP contribution is 2.41. The second-order valence-corrected chi connectivity index (χ2v) is 6.00. The summed E-state index contributed by atoms with van der Waals surface area (Å²) in [5.74, 6) is -0.559. The molecule has 5 nitrogen and oxygen atoms in total. The minimum atomic E-state index is -1.02. The van der Waals surface area contributed by atoms with E-state index in [1.165, 1.54) is 0 Å². The van der Waals surface area contributed by atoms with Crippen molar-refractivity contribution in [3.05, 3.63) is 59.1 Å². The maximum absolute atomic E-state index is 11.5. The molecule has 1 heterocycles. The third-order valence-corrected chi connectivity index (χ3v) is 4.48. The van der Waals surface area contributed by atoms with Crippen molar-refractivity contribution in [1.82, 2.24) is 0 Å². The van der Waals surface area contributed by atoms with Gasteiger partial charge in [-0.25, -0.2) is 4.79 Å². The Bertz CT molecular complexity index is 789. The molecule has 24 heavy (non-hydrogen) atoms. The summed E-state index contributed by atoms with van der Waals surface area (Å²) >= 11 is 6.30. The molecule has 0 bridgehead atoms. The molecular formula is C18H17ClN2O3. The molecular weight excluding hydrogens is 328 g/mol. The molecule has 2 atom stereocenters. The van der Waals surface area contributed by atoms with Crippen molar-refractivity contribution in [2.45, 2.75) is 13.0 Å². The first kappa shape index (κ1) is 16.3. The Hall–Kier alpha value is -2.53. The van der Waals surface area contributed by atoms with Crippen molar-refractivity contribution >= 4 is 29.0 Å². The highest BCUT2D eigenvalue weighted by molar-refractivity contribution is 6.38. The number of hydrogen-bond acceptors (Lipinski definition) is 4. The van der Waals surface area contributed by atoms with Gasteiger partial charge in [0.15, 0.2) is 5.71 Å². The molecule has 124 valence electrons. The van der Waals surface area contributed by atoms with Gasteiger partial charge in [0.1, 0.15) is 5.75 Å². The summed E-state index contributed by atoms with van der Waals surface area (Å²) in [4.78, 5) is 11.5. The summed E-state index contributed by atoms with van der Waals surface area (Å²) in [6.07, 6.45) is 0. The van der Waals surface area contributed by atoms with Crippen LogP contribution in [-0.2, 0) is 4.79 Å². The first-order valence-electron chi connectivity index (χ1n) is 7.52. The molecule has 3 rings (SSSR count). The molecule has 2 aromatic rings. The second kappa shape index (κ2) is 6.53. The van der Waals surface area contributed by atoms with Crippen LogP contribution in [0.3, 0.4) is 0 Å². The number of nitrogens with zero attached hydrogens (tertiary/aromatic N) is 2. The van der Waals surface area contributed by atoms with Gasteiger partial charge in [-0.1, -0.05) is 42.8 Å². The number of ether oxygens (including phenoxy) is 1. The Balaban J connectivity index is 2.07. The maximum Gasteiger partial charge on any atom is 0.352 e. The Morgan fingerprint density at radius 2 is 1.88 bits per heavy atom. The van der Waals surface area contributed by atoms with Crippen LogP contribution in [0.5, 0.6) is 5.75 Å². The summed E-state index contributed by atoms with van der Waals surface area (Å²) in [6.45, 7) is 1.86. The van der Waals surface area contributed by atoms with Crippen molar-refractivity contribution in [2.75, 3.05) is 12.1 Å². The predicted octanol–water partition coefficient (Wildman–Crippen LogP) is 3.99. The van der Waals surface area contributed by atoms with E-state index in [9.17, 15) is 9.90 Å². The van der Waals surface area contributed by atoms with Crippen LogP contribution < -0.4 is 9.75 Å². The summed E-state index contributed by atoms with van der Waals surface area (Å²) in [6, 6.07) is 14.6. The topological polar surface area (TPSA) is 62.1 Å². The molecule has 2 unspecified atom stereocenters. The predicted molar refractivity (Wildman–Crippen MR) is 93.9 cm³/mol. The van der Waals surface area contributed by atoms with E-state index in [1.807, 2.05) is 49.4 Å². The van der Waals surface area contributed by atoms with Crippen LogP contribution in [0.2, 0.25) is 5.02 Å². The number of anilines is 1. The number of methoxy groups -OCH3 is 1. The fourth-order valence-corrected chi connectivity index (χ4v) is 3.16. The molecule has 1 aliphatic heterocycles. The molecule has 0 saturated heterocycles. The zero-order chi connectivity index (χ0) is 17.3. The van der Waals surface area contributed by atoms with Gasteiger partial charge in [0, 0.05) is 5.92 Å². The van der Waals surface area contributed by atoms with E-state index < -0.39 is 5.97 Å². The van der Waals surface area contributed by atoms with Crippen LogP contribution in [0.1, 0.15) is 18.5 Å². The van der Waals surface area contributed by atoms with Gasteiger partial charge in [0.2, 0.25) is 0 Å². The Kier molecular flexibility index (Phi) is 4.44. The number of benzene rings is 2. The van der Waals surface area contributed by atoms with Crippen molar-refractivity contribution in [3.63, 3.8) is 0 Å². The molecule has 0 amide bonds. The van der Waals surface area contributed by atoms with Crippen molar-refractivity contribution in [1.29, 1.82) is 0 Å². The fraction of sp³-hybridized carbons (Fsp3) is 0.222. The van der Waals surface area contributed by atoms with Gasteiger partial charge in [0.05, 0.1) is 23.9 Å². The van der Waals surface area contributed by atoms with E-state index in [2.05, 4.69) is 5.10 Å². The van der Waals surface area contributed by atoms with E-state index in [0.29, 0.717) is 10.7 Å². The SMILES string of the molecule is COc1ccc(C2C(C)C(C(=O)O)=NN2c2ccccc2Cl)cc1. The van der Waals surface area contributed by atoms with Crippen molar-refractivity contribution in [2.24, 2.45) is 11.0 Å². The van der Waals surface area contributed by atoms with E-state index in [4.69, 9.17) is 16.3 Å². The molecule has 0 fully saturated rings. The normalized spacial score (nSPS) is 20.0. The molecule has 0 radical (unpaired) electrons. The third kappa shape index (κ3) is 2.83. The lowest BCUT2D eigenvalue weighted by Crippen LogP contribution is -2.26. The number of para-hydroxylation sites is 1. The molecule has 0 saturated carbocycles. The second-order valence-electron chi connectivity index (χ2n) is 5.59. The summed E-state index contributed by atoms with van der Waals surface area (Å²) in [5, 5.41) is 16.0. The zero-order valence-electron chi connectivity index (χ0n) is 13.3. The summed E-state index contributed by atoms with van der Waals surface area (Å²) < 4.78 is 5.19. The maximum atomic E-state index is 11.5. The van der Waals surface area contributed by atoms with Gasteiger partial charge in [-0.2, -0.15) is 5.10 Å². The van der Waals surface area contributed by atoms with Crippen LogP contribution >= 0.6 is 11.6 Å². The highest BCUT2D eigenvalue weighted by atomic mass is 35.5. The number of aliphatic carboxylic acids is 1. The average Bonchev–Trinajstić information content (AvgIpc) is 2.93. The smallest absolute Gasteiger partial charge is 0.352 e. The summed E-state index contributed by atoms with van der Waals surface area (Å²) in [5.41, 5.74) is 1.75. The Labute approximate surface area is 145 Å². The third-order valence-electron chi connectivity index (χ3n) is 4.16. The van der Waals surface area contributed by atoms with Crippen LogP contribution in [0.25, 0.3) is 0 Å². The molecule has 2 aromatic carbocycles. The first-order chi connectivity index (χ1) is 11.5. The van der Waals surface area contributed by atoms with Crippen LogP contribution in [-0.4, -0.2) is 23.9 Å². The van der Waals surface area contributed by atoms with Gasteiger partial charge in [0.25, 0.3) is 0 Å². The number of hydrazone groups is 1. The Morgan fingerprint density at radius 1 is 1.21 bits per heavy atom. The average molecular weight is 345 g/mol. The van der Waals surface area contributed by atoms with E-state index in [-0.39, 0.29) is 17.7 Å². The lowest BCUT2D eigenvalue weighted by Gasteiger charge is -2.27. The van der Waals surface area contributed by atoms with Gasteiger partial charge < -0.3 is 9.84 Å². The van der Waals surface area contributed by atoms with Crippen LogP contribution in [0, 0.1) is 5.92 Å².